The summed E-state index contributed by atoms with van der Waals surface area (Å²) in [4.78, 5) is 25.5. The van der Waals surface area contributed by atoms with Gasteiger partial charge in [0, 0.05) is 12.6 Å². The van der Waals surface area contributed by atoms with Crippen molar-refractivity contribution in [1.29, 1.82) is 0 Å². The van der Waals surface area contributed by atoms with E-state index in [2.05, 4.69) is 30.7 Å². The molecule has 0 unspecified atom stereocenters. The zero-order valence-corrected chi connectivity index (χ0v) is 15.0. The third-order valence-corrected chi connectivity index (χ3v) is 4.02. The molecule has 2 N–H and O–H groups in total. The van der Waals surface area contributed by atoms with Crippen LogP contribution in [-0.2, 0) is 14.3 Å². The molecule has 0 saturated heterocycles. The van der Waals surface area contributed by atoms with Gasteiger partial charge in [0.05, 0.1) is 36.0 Å². The number of methoxy groups -OCH3 is 1. The van der Waals surface area contributed by atoms with Crippen LogP contribution in [0.15, 0.2) is 27.9 Å². The average molecular weight is 439 g/mol. The van der Waals surface area contributed by atoms with Crippen molar-refractivity contribution < 1.29 is 37.3 Å². The lowest BCUT2D eigenvalue weighted by Gasteiger charge is -2.17. The first kappa shape index (κ1) is 20.0. The van der Waals surface area contributed by atoms with Crippen LogP contribution in [0.5, 0.6) is 5.75 Å². The number of hydrogen-bond donors (Lipinski definition) is 2. The molecule has 0 aliphatic carbocycles. The van der Waals surface area contributed by atoms with E-state index in [9.17, 15) is 22.8 Å². The Labute approximate surface area is 154 Å². The molecular formula is C15H14BrF3N2O5. The molecule has 0 spiro atoms. The molecule has 0 fully saturated rings. The molecule has 2 rings (SSSR count). The highest BCUT2D eigenvalue weighted by atomic mass is 79.9. The number of aliphatic hydroxyl groups is 1. The summed E-state index contributed by atoms with van der Waals surface area (Å²) in [6.45, 7) is -3.76. The zero-order chi connectivity index (χ0) is 19.4. The van der Waals surface area contributed by atoms with Crippen LogP contribution in [0.4, 0.5) is 18.9 Å². The van der Waals surface area contributed by atoms with E-state index >= 15 is 0 Å². The Morgan fingerprint density at radius 1 is 1.46 bits per heavy atom. The molecule has 1 heterocycles. The molecule has 0 aromatic heterocycles. The standard InChI is InChI=1S/C15H14BrF3N2O5/c1-25-14(24)8-6-21(2-3-22)13(23)11(8)20-10-5-7(17)4-9(16)12(10)26-15(18)19/h4-5,15,20,22H,2-3,6H2,1H3. The molecule has 7 nitrogen and oxygen atoms in total. The molecule has 1 aliphatic rings. The van der Waals surface area contributed by atoms with Crippen molar-refractivity contribution in [3.05, 3.63) is 33.7 Å². The van der Waals surface area contributed by atoms with Crippen molar-refractivity contribution in [2.24, 2.45) is 0 Å². The van der Waals surface area contributed by atoms with Gasteiger partial charge in [0.15, 0.2) is 5.75 Å². The first-order valence-electron chi connectivity index (χ1n) is 7.21. The predicted molar refractivity (Wildman–Crippen MR) is 87.1 cm³/mol. The summed E-state index contributed by atoms with van der Waals surface area (Å²) in [7, 11) is 1.11. The number of esters is 1. The maximum Gasteiger partial charge on any atom is 0.387 e. The van der Waals surface area contributed by atoms with Crippen LogP contribution in [0.25, 0.3) is 0 Å². The van der Waals surface area contributed by atoms with Crippen molar-refractivity contribution in [3.8, 4) is 5.75 Å². The van der Waals surface area contributed by atoms with Crippen molar-refractivity contribution in [3.63, 3.8) is 0 Å². The maximum absolute atomic E-state index is 13.7. The van der Waals surface area contributed by atoms with E-state index < -0.39 is 30.1 Å². The van der Waals surface area contributed by atoms with Crippen LogP contribution in [-0.4, -0.2) is 55.3 Å². The number of nitrogens with one attached hydrogen (secondary N) is 1. The van der Waals surface area contributed by atoms with E-state index in [4.69, 9.17) is 5.11 Å². The smallest absolute Gasteiger partial charge is 0.387 e. The van der Waals surface area contributed by atoms with Gasteiger partial charge in [-0.1, -0.05) is 0 Å². The average Bonchev–Trinajstić information content (AvgIpc) is 2.87. The lowest BCUT2D eigenvalue weighted by molar-refractivity contribution is -0.136. The number of halogens is 4. The van der Waals surface area contributed by atoms with E-state index in [-0.39, 0.29) is 41.1 Å². The SMILES string of the molecule is COC(=O)C1=C(Nc2cc(F)cc(Br)c2OC(F)F)C(=O)N(CCO)C1. The lowest BCUT2D eigenvalue weighted by Crippen LogP contribution is -2.31. The van der Waals surface area contributed by atoms with Gasteiger partial charge in [0.25, 0.3) is 5.91 Å². The summed E-state index contributed by atoms with van der Waals surface area (Å²) in [5, 5.41) is 11.5. The summed E-state index contributed by atoms with van der Waals surface area (Å²) in [6, 6.07) is 1.75. The van der Waals surface area contributed by atoms with Gasteiger partial charge in [-0.3, -0.25) is 4.79 Å². The molecule has 0 radical (unpaired) electrons. The Kier molecular flexibility index (Phi) is 6.48. The lowest BCUT2D eigenvalue weighted by atomic mass is 10.2. The molecule has 1 aliphatic heterocycles. The largest absolute Gasteiger partial charge is 0.466 e. The number of carbonyl (C=O) groups excluding carboxylic acids is 2. The third-order valence-electron chi connectivity index (χ3n) is 3.43. The van der Waals surface area contributed by atoms with Gasteiger partial charge >= 0.3 is 12.6 Å². The molecular weight excluding hydrogens is 425 g/mol. The number of carbonyl (C=O) groups is 2. The molecule has 26 heavy (non-hydrogen) atoms. The summed E-state index contributed by atoms with van der Waals surface area (Å²) in [6.07, 6.45) is 0. The Hall–Kier alpha value is -2.27. The van der Waals surface area contributed by atoms with E-state index in [1.165, 1.54) is 0 Å². The summed E-state index contributed by atoms with van der Waals surface area (Å²) >= 11 is 2.91. The minimum Gasteiger partial charge on any atom is -0.466 e. The van der Waals surface area contributed by atoms with Crippen LogP contribution < -0.4 is 10.1 Å². The second-order valence-electron chi connectivity index (χ2n) is 5.06. The van der Waals surface area contributed by atoms with Gasteiger partial charge in [-0.2, -0.15) is 8.78 Å². The highest BCUT2D eigenvalue weighted by Crippen LogP contribution is 2.37. The van der Waals surface area contributed by atoms with Crippen molar-refractivity contribution in [2.45, 2.75) is 6.61 Å². The molecule has 11 heteroatoms. The van der Waals surface area contributed by atoms with Crippen molar-refractivity contribution >= 4 is 33.5 Å². The van der Waals surface area contributed by atoms with Gasteiger partial charge in [0.1, 0.15) is 11.5 Å². The number of amides is 1. The minimum atomic E-state index is -3.20. The van der Waals surface area contributed by atoms with E-state index in [0.717, 1.165) is 24.1 Å². The number of hydrogen-bond acceptors (Lipinski definition) is 6. The monoisotopic (exact) mass is 438 g/mol. The fourth-order valence-electron chi connectivity index (χ4n) is 2.35. The Balaban J connectivity index is 2.46. The Morgan fingerprint density at radius 2 is 2.15 bits per heavy atom. The van der Waals surface area contributed by atoms with E-state index in [1.54, 1.807) is 0 Å². The van der Waals surface area contributed by atoms with E-state index in [1.807, 2.05) is 0 Å². The quantitative estimate of drug-likeness (QED) is 0.631. The van der Waals surface area contributed by atoms with Crippen LogP contribution in [0.3, 0.4) is 0 Å². The van der Waals surface area contributed by atoms with Crippen LogP contribution in [0.2, 0.25) is 0 Å². The molecule has 1 aromatic carbocycles. The van der Waals surface area contributed by atoms with Gasteiger partial charge in [-0.15, -0.1) is 0 Å². The first-order chi connectivity index (χ1) is 12.3. The number of anilines is 1. The first-order valence-corrected chi connectivity index (χ1v) is 8.00. The predicted octanol–water partition coefficient (Wildman–Crippen LogP) is 1.86. The fraction of sp³-hybridized carbons (Fsp3) is 0.333. The van der Waals surface area contributed by atoms with Gasteiger partial charge in [-0.25, -0.2) is 9.18 Å². The molecule has 1 aromatic rings. The summed E-state index contributed by atoms with van der Waals surface area (Å²) in [5.41, 5.74) is -0.649. The number of aliphatic hydroxyl groups excluding tert-OH is 1. The van der Waals surface area contributed by atoms with Crippen molar-refractivity contribution in [2.75, 3.05) is 32.1 Å². The topological polar surface area (TPSA) is 88.1 Å². The number of alkyl halides is 2. The highest BCUT2D eigenvalue weighted by Gasteiger charge is 2.35. The van der Waals surface area contributed by atoms with E-state index in [0.29, 0.717) is 0 Å². The summed E-state index contributed by atoms with van der Waals surface area (Å²) < 4.78 is 47.8. The van der Waals surface area contributed by atoms with Gasteiger partial charge in [0.2, 0.25) is 0 Å². The second-order valence-corrected chi connectivity index (χ2v) is 5.92. The van der Waals surface area contributed by atoms with Crippen LogP contribution in [0, 0.1) is 5.82 Å². The number of β-amino-alcohol motifs (C(OH)–C–C–N with tert-alkyl or cyclic N) is 1. The van der Waals surface area contributed by atoms with Gasteiger partial charge < -0.3 is 24.8 Å². The Bertz CT molecular complexity index is 757. The van der Waals surface area contributed by atoms with Crippen LogP contribution in [0.1, 0.15) is 0 Å². The third kappa shape index (κ3) is 4.28. The number of nitrogens with zero attached hydrogens (tertiary/aromatic N) is 1. The molecule has 0 atom stereocenters. The minimum absolute atomic E-state index is 0.0578. The fourth-order valence-corrected chi connectivity index (χ4v) is 2.87. The number of benzene rings is 1. The van der Waals surface area contributed by atoms with Crippen LogP contribution >= 0.6 is 15.9 Å². The molecule has 1 amide bonds. The van der Waals surface area contributed by atoms with Gasteiger partial charge in [-0.05, 0) is 22.0 Å². The molecule has 0 bridgehead atoms. The molecule has 0 saturated carbocycles. The number of ether oxygens (including phenoxy) is 2. The zero-order valence-electron chi connectivity index (χ0n) is 13.4. The highest BCUT2D eigenvalue weighted by molar-refractivity contribution is 9.10. The normalized spacial score (nSPS) is 14.3. The Morgan fingerprint density at radius 3 is 2.73 bits per heavy atom. The number of rotatable bonds is 7. The maximum atomic E-state index is 13.7. The molecule has 142 valence electrons. The van der Waals surface area contributed by atoms with Crippen molar-refractivity contribution in [1.82, 2.24) is 4.90 Å². The second kappa shape index (κ2) is 8.41. The summed E-state index contributed by atoms with van der Waals surface area (Å²) in [5.74, 6) is -2.73.